The Kier molecular flexibility index (Phi) is 5.16. The van der Waals surface area contributed by atoms with Gasteiger partial charge in [-0.25, -0.2) is 4.79 Å². The number of benzene rings is 1. The Morgan fingerprint density at radius 3 is 2.77 bits per heavy atom. The third kappa shape index (κ3) is 4.13. The number of hydrogen-bond donors (Lipinski definition) is 2. The molecular weight excluding hydrogens is 278 g/mol. The normalized spacial score (nSPS) is 22.5. The number of nitrogens with zero attached hydrogens (tertiary/aromatic N) is 1. The molecule has 0 radical (unpaired) electrons. The van der Waals surface area contributed by atoms with Crippen LogP contribution in [0.4, 0.5) is 10.5 Å². The van der Waals surface area contributed by atoms with Crippen LogP contribution in [0, 0.1) is 0 Å². The molecular formula is C17H25N3O2. The molecule has 1 saturated heterocycles. The maximum absolute atomic E-state index is 11.9. The van der Waals surface area contributed by atoms with Gasteiger partial charge in [0.15, 0.2) is 0 Å². The summed E-state index contributed by atoms with van der Waals surface area (Å²) in [7, 11) is 0. The van der Waals surface area contributed by atoms with Crippen LogP contribution in [0.25, 0.3) is 0 Å². The lowest BCUT2D eigenvalue weighted by Crippen LogP contribution is -2.50. The molecule has 3 rings (SSSR count). The molecule has 5 nitrogen and oxygen atoms in total. The predicted molar refractivity (Wildman–Crippen MR) is 87.2 cm³/mol. The minimum Gasteiger partial charge on any atom is -0.373 e. The summed E-state index contributed by atoms with van der Waals surface area (Å²) < 4.78 is 5.77. The average molecular weight is 303 g/mol. The van der Waals surface area contributed by atoms with Gasteiger partial charge in [0, 0.05) is 31.4 Å². The second-order valence-electron chi connectivity index (χ2n) is 6.11. The Bertz CT molecular complexity index is 474. The maximum atomic E-state index is 11.9. The molecule has 1 aromatic rings. The van der Waals surface area contributed by atoms with Crippen LogP contribution in [0.15, 0.2) is 30.3 Å². The smallest absolute Gasteiger partial charge is 0.315 e. The van der Waals surface area contributed by atoms with Crippen molar-refractivity contribution in [1.82, 2.24) is 10.6 Å². The molecule has 0 bridgehead atoms. The van der Waals surface area contributed by atoms with Gasteiger partial charge in [-0.3, -0.25) is 0 Å². The van der Waals surface area contributed by atoms with Crippen molar-refractivity contribution in [3.05, 3.63) is 30.3 Å². The molecule has 2 aliphatic rings. The number of hydrogen-bond acceptors (Lipinski definition) is 3. The highest BCUT2D eigenvalue weighted by Crippen LogP contribution is 2.18. The van der Waals surface area contributed by atoms with Crippen molar-refractivity contribution in [3.63, 3.8) is 0 Å². The molecule has 5 heteroatoms. The summed E-state index contributed by atoms with van der Waals surface area (Å²) >= 11 is 0. The van der Waals surface area contributed by atoms with E-state index in [2.05, 4.69) is 27.7 Å². The van der Waals surface area contributed by atoms with E-state index in [0.29, 0.717) is 19.2 Å². The third-order valence-electron chi connectivity index (χ3n) is 4.44. The molecule has 2 fully saturated rings. The number of rotatable bonds is 4. The van der Waals surface area contributed by atoms with E-state index in [1.54, 1.807) is 0 Å². The Morgan fingerprint density at radius 2 is 2.00 bits per heavy atom. The molecule has 22 heavy (non-hydrogen) atoms. The third-order valence-corrected chi connectivity index (χ3v) is 4.44. The van der Waals surface area contributed by atoms with Crippen molar-refractivity contribution in [2.24, 2.45) is 0 Å². The van der Waals surface area contributed by atoms with Crippen molar-refractivity contribution in [3.8, 4) is 0 Å². The first kappa shape index (κ1) is 15.2. The molecule has 2 amide bonds. The van der Waals surface area contributed by atoms with Gasteiger partial charge < -0.3 is 20.3 Å². The Balaban J connectivity index is 1.43. The van der Waals surface area contributed by atoms with Gasteiger partial charge >= 0.3 is 6.03 Å². The van der Waals surface area contributed by atoms with E-state index in [1.807, 2.05) is 18.2 Å². The Labute approximate surface area is 132 Å². The standard InChI is InChI=1S/C17H25N3O2/c21-17(19-14-6-4-5-7-14)18-12-16-13-20(10-11-22-16)15-8-2-1-3-9-15/h1-3,8-9,14,16H,4-7,10-13H2,(H2,18,19,21). The van der Waals surface area contributed by atoms with Crippen LogP contribution in [0.5, 0.6) is 0 Å². The molecule has 1 aromatic carbocycles. The number of morpholine rings is 1. The van der Waals surface area contributed by atoms with E-state index in [1.165, 1.54) is 18.5 Å². The summed E-state index contributed by atoms with van der Waals surface area (Å²) in [6.45, 7) is 2.97. The number of para-hydroxylation sites is 1. The van der Waals surface area contributed by atoms with Crippen LogP contribution in [-0.2, 0) is 4.74 Å². The quantitative estimate of drug-likeness (QED) is 0.896. The van der Waals surface area contributed by atoms with Crippen molar-refractivity contribution in [2.75, 3.05) is 31.1 Å². The zero-order chi connectivity index (χ0) is 15.2. The van der Waals surface area contributed by atoms with Gasteiger partial charge in [0.2, 0.25) is 0 Å². The number of carbonyl (C=O) groups is 1. The fourth-order valence-electron chi connectivity index (χ4n) is 3.23. The SMILES string of the molecule is O=C(NCC1CN(c2ccccc2)CCO1)NC1CCCC1. The molecule has 1 aliphatic heterocycles. The second kappa shape index (κ2) is 7.49. The van der Waals surface area contributed by atoms with Crippen LogP contribution in [0.2, 0.25) is 0 Å². The number of urea groups is 1. The summed E-state index contributed by atoms with van der Waals surface area (Å²) in [6, 6.07) is 10.6. The number of nitrogens with one attached hydrogen (secondary N) is 2. The summed E-state index contributed by atoms with van der Waals surface area (Å²) in [4.78, 5) is 14.2. The largest absolute Gasteiger partial charge is 0.373 e. The van der Waals surface area contributed by atoms with E-state index in [-0.39, 0.29) is 12.1 Å². The summed E-state index contributed by atoms with van der Waals surface area (Å²) in [5.74, 6) is 0. The first-order chi connectivity index (χ1) is 10.8. The molecule has 0 spiro atoms. The summed E-state index contributed by atoms with van der Waals surface area (Å²) in [5.41, 5.74) is 1.21. The number of amides is 2. The zero-order valence-electron chi connectivity index (χ0n) is 13.0. The van der Waals surface area contributed by atoms with Gasteiger partial charge in [0.25, 0.3) is 0 Å². The molecule has 0 aromatic heterocycles. The minimum atomic E-state index is -0.0627. The zero-order valence-corrected chi connectivity index (χ0v) is 13.0. The second-order valence-corrected chi connectivity index (χ2v) is 6.11. The number of ether oxygens (including phenoxy) is 1. The van der Waals surface area contributed by atoms with Gasteiger partial charge in [-0.05, 0) is 25.0 Å². The van der Waals surface area contributed by atoms with Crippen LogP contribution in [-0.4, -0.2) is 44.4 Å². The highest BCUT2D eigenvalue weighted by Gasteiger charge is 2.22. The first-order valence-electron chi connectivity index (χ1n) is 8.27. The fourth-order valence-corrected chi connectivity index (χ4v) is 3.23. The van der Waals surface area contributed by atoms with E-state index < -0.39 is 0 Å². The molecule has 1 unspecified atom stereocenters. The van der Waals surface area contributed by atoms with E-state index >= 15 is 0 Å². The lowest BCUT2D eigenvalue weighted by Gasteiger charge is -2.34. The monoisotopic (exact) mass is 303 g/mol. The molecule has 120 valence electrons. The molecule has 1 atom stereocenters. The first-order valence-corrected chi connectivity index (χ1v) is 8.27. The lowest BCUT2D eigenvalue weighted by atomic mass is 10.2. The van der Waals surface area contributed by atoms with Crippen LogP contribution in [0.3, 0.4) is 0 Å². The Morgan fingerprint density at radius 1 is 1.23 bits per heavy atom. The predicted octanol–water partition coefficient (Wildman–Crippen LogP) is 2.13. The van der Waals surface area contributed by atoms with E-state index in [9.17, 15) is 4.79 Å². The summed E-state index contributed by atoms with van der Waals surface area (Å²) in [6.07, 6.45) is 4.71. The number of anilines is 1. The van der Waals surface area contributed by atoms with Crippen molar-refractivity contribution >= 4 is 11.7 Å². The Hall–Kier alpha value is -1.75. The van der Waals surface area contributed by atoms with Crippen molar-refractivity contribution < 1.29 is 9.53 Å². The van der Waals surface area contributed by atoms with Gasteiger partial charge in [-0.15, -0.1) is 0 Å². The maximum Gasteiger partial charge on any atom is 0.315 e. The highest BCUT2D eigenvalue weighted by molar-refractivity contribution is 5.74. The van der Waals surface area contributed by atoms with Crippen LogP contribution in [0.1, 0.15) is 25.7 Å². The van der Waals surface area contributed by atoms with Gasteiger partial charge in [0.05, 0.1) is 12.7 Å². The molecule has 1 aliphatic carbocycles. The van der Waals surface area contributed by atoms with Gasteiger partial charge in [0.1, 0.15) is 0 Å². The lowest BCUT2D eigenvalue weighted by molar-refractivity contribution is 0.0424. The minimum absolute atomic E-state index is 0.0447. The summed E-state index contributed by atoms with van der Waals surface area (Å²) in [5, 5.41) is 5.99. The van der Waals surface area contributed by atoms with Crippen LogP contribution < -0.4 is 15.5 Å². The average Bonchev–Trinajstić information content (AvgIpc) is 3.07. The van der Waals surface area contributed by atoms with Crippen molar-refractivity contribution in [1.29, 1.82) is 0 Å². The molecule has 1 saturated carbocycles. The van der Waals surface area contributed by atoms with E-state index in [4.69, 9.17) is 4.74 Å². The van der Waals surface area contributed by atoms with Gasteiger partial charge in [-0.2, -0.15) is 0 Å². The highest BCUT2D eigenvalue weighted by atomic mass is 16.5. The van der Waals surface area contributed by atoms with Crippen LogP contribution >= 0.6 is 0 Å². The van der Waals surface area contributed by atoms with Crippen molar-refractivity contribution in [2.45, 2.75) is 37.8 Å². The van der Waals surface area contributed by atoms with Gasteiger partial charge in [-0.1, -0.05) is 31.0 Å². The molecule has 1 heterocycles. The number of carbonyl (C=O) groups excluding carboxylic acids is 1. The molecule has 2 N–H and O–H groups in total. The topological polar surface area (TPSA) is 53.6 Å². The van der Waals surface area contributed by atoms with E-state index in [0.717, 1.165) is 25.9 Å². The fraction of sp³-hybridized carbons (Fsp3) is 0.588.